The van der Waals surface area contributed by atoms with Crippen LogP contribution in [-0.4, -0.2) is 36.7 Å². The van der Waals surface area contributed by atoms with Gasteiger partial charge in [-0.25, -0.2) is 9.97 Å². The van der Waals surface area contributed by atoms with Crippen LogP contribution in [-0.2, 0) is 0 Å². The fourth-order valence-electron chi connectivity index (χ4n) is 2.86. The van der Waals surface area contributed by atoms with Crippen molar-refractivity contribution < 1.29 is 4.74 Å². The maximum atomic E-state index is 5.81. The zero-order chi connectivity index (χ0) is 15.4. The fraction of sp³-hybridized carbons (Fsp3) is 0.412. The second kappa shape index (κ2) is 6.75. The van der Waals surface area contributed by atoms with E-state index in [-0.39, 0.29) is 0 Å². The molecule has 3 rings (SSSR count). The summed E-state index contributed by atoms with van der Waals surface area (Å²) in [6.45, 7) is 2.68. The topological polar surface area (TPSA) is 64.3 Å². The van der Waals surface area contributed by atoms with Gasteiger partial charge in [-0.3, -0.25) is 0 Å². The molecule has 0 spiro atoms. The molecular weight excluding hydrogens is 276 g/mol. The van der Waals surface area contributed by atoms with Crippen LogP contribution in [0.4, 0.5) is 5.95 Å². The zero-order valence-electron chi connectivity index (χ0n) is 12.9. The molecule has 2 N–H and O–H groups in total. The normalized spacial score (nSPS) is 18.3. The SMILES string of the molecule is COc1ccc(-c2ccnc(N3CCCC(CN)C3)n2)cc1. The molecule has 0 aliphatic carbocycles. The lowest BCUT2D eigenvalue weighted by Gasteiger charge is -2.32. The molecule has 1 saturated heterocycles. The summed E-state index contributed by atoms with van der Waals surface area (Å²) in [6.07, 6.45) is 4.18. The summed E-state index contributed by atoms with van der Waals surface area (Å²) < 4.78 is 5.20. The first-order valence-corrected chi connectivity index (χ1v) is 7.72. The first-order valence-electron chi connectivity index (χ1n) is 7.72. The van der Waals surface area contributed by atoms with E-state index < -0.39 is 0 Å². The fourth-order valence-corrected chi connectivity index (χ4v) is 2.86. The van der Waals surface area contributed by atoms with Crippen LogP contribution in [0.25, 0.3) is 11.3 Å². The molecule has 1 atom stereocenters. The van der Waals surface area contributed by atoms with Crippen molar-refractivity contribution in [3.63, 3.8) is 0 Å². The number of methoxy groups -OCH3 is 1. The van der Waals surface area contributed by atoms with Crippen molar-refractivity contribution in [2.75, 3.05) is 31.6 Å². The number of anilines is 1. The Morgan fingerprint density at radius 3 is 2.82 bits per heavy atom. The highest BCUT2D eigenvalue weighted by atomic mass is 16.5. The summed E-state index contributed by atoms with van der Waals surface area (Å²) in [5, 5.41) is 0. The third-order valence-corrected chi connectivity index (χ3v) is 4.16. The monoisotopic (exact) mass is 298 g/mol. The largest absolute Gasteiger partial charge is 0.497 e. The highest BCUT2D eigenvalue weighted by Gasteiger charge is 2.20. The summed E-state index contributed by atoms with van der Waals surface area (Å²) in [6, 6.07) is 9.87. The Balaban J connectivity index is 1.82. The van der Waals surface area contributed by atoms with Gasteiger partial charge < -0.3 is 15.4 Å². The minimum atomic E-state index is 0.544. The van der Waals surface area contributed by atoms with Crippen molar-refractivity contribution in [3.05, 3.63) is 36.5 Å². The molecule has 1 unspecified atom stereocenters. The molecule has 2 aromatic rings. The molecule has 1 aliphatic rings. The van der Waals surface area contributed by atoms with E-state index in [0.29, 0.717) is 5.92 Å². The number of nitrogens with zero attached hydrogens (tertiary/aromatic N) is 3. The molecule has 1 aromatic carbocycles. The number of piperidine rings is 1. The Kier molecular flexibility index (Phi) is 4.53. The standard InChI is InChI=1S/C17H22N4O/c1-22-15-6-4-14(5-7-15)16-8-9-19-17(20-16)21-10-2-3-13(11-18)12-21/h4-9,13H,2-3,10-12,18H2,1H3. The maximum Gasteiger partial charge on any atom is 0.225 e. The Morgan fingerprint density at radius 2 is 2.09 bits per heavy atom. The molecule has 0 radical (unpaired) electrons. The smallest absolute Gasteiger partial charge is 0.225 e. The average molecular weight is 298 g/mol. The van der Waals surface area contributed by atoms with Crippen LogP contribution >= 0.6 is 0 Å². The van der Waals surface area contributed by atoms with Crippen molar-refractivity contribution >= 4 is 5.95 Å². The van der Waals surface area contributed by atoms with Gasteiger partial charge in [-0.1, -0.05) is 0 Å². The van der Waals surface area contributed by atoms with Crippen molar-refractivity contribution in [2.45, 2.75) is 12.8 Å². The third-order valence-electron chi connectivity index (χ3n) is 4.16. The van der Waals surface area contributed by atoms with Crippen LogP contribution in [0.5, 0.6) is 5.75 Å². The first-order chi connectivity index (χ1) is 10.8. The van der Waals surface area contributed by atoms with Crippen LogP contribution in [0.15, 0.2) is 36.5 Å². The van der Waals surface area contributed by atoms with Gasteiger partial charge in [0.25, 0.3) is 0 Å². The molecule has 1 fully saturated rings. The predicted octanol–water partition coefficient (Wildman–Crippen LogP) is 2.33. The van der Waals surface area contributed by atoms with Gasteiger partial charge in [0.15, 0.2) is 0 Å². The van der Waals surface area contributed by atoms with Crippen molar-refractivity contribution in [3.8, 4) is 17.0 Å². The van der Waals surface area contributed by atoms with E-state index in [0.717, 1.165) is 49.0 Å². The molecule has 116 valence electrons. The second-order valence-corrected chi connectivity index (χ2v) is 5.66. The highest BCUT2D eigenvalue weighted by molar-refractivity contribution is 5.61. The van der Waals surface area contributed by atoms with E-state index in [9.17, 15) is 0 Å². The molecule has 22 heavy (non-hydrogen) atoms. The number of benzene rings is 1. The number of nitrogens with two attached hydrogens (primary N) is 1. The van der Waals surface area contributed by atoms with Crippen LogP contribution in [0.2, 0.25) is 0 Å². The van der Waals surface area contributed by atoms with E-state index in [1.807, 2.05) is 36.5 Å². The van der Waals surface area contributed by atoms with Gasteiger partial charge in [0.05, 0.1) is 12.8 Å². The minimum absolute atomic E-state index is 0.544. The number of ether oxygens (including phenoxy) is 1. The van der Waals surface area contributed by atoms with Gasteiger partial charge >= 0.3 is 0 Å². The van der Waals surface area contributed by atoms with Gasteiger partial charge in [-0.05, 0) is 55.6 Å². The summed E-state index contributed by atoms with van der Waals surface area (Å²) in [5.74, 6) is 2.19. The summed E-state index contributed by atoms with van der Waals surface area (Å²) >= 11 is 0. The lowest BCUT2D eigenvalue weighted by atomic mass is 9.99. The van der Waals surface area contributed by atoms with Crippen LogP contribution in [0.3, 0.4) is 0 Å². The number of aromatic nitrogens is 2. The number of hydrogen-bond acceptors (Lipinski definition) is 5. The molecular formula is C17H22N4O. The van der Waals surface area contributed by atoms with Crippen molar-refractivity contribution in [2.24, 2.45) is 11.7 Å². The lowest BCUT2D eigenvalue weighted by molar-refractivity contribution is 0.415. The van der Waals surface area contributed by atoms with Crippen LogP contribution in [0, 0.1) is 5.92 Å². The summed E-state index contributed by atoms with van der Waals surface area (Å²) in [7, 11) is 1.67. The zero-order valence-corrected chi connectivity index (χ0v) is 12.9. The number of rotatable bonds is 4. The van der Waals surface area contributed by atoms with Gasteiger partial charge in [-0.2, -0.15) is 0 Å². The van der Waals surface area contributed by atoms with Crippen molar-refractivity contribution in [1.82, 2.24) is 9.97 Å². The predicted molar refractivity (Wildman–Crippen MR) is 88.0 cm³/mol. The Labute approximate surface area is 131 Å². The Morgan fingerprint density at radius 1 is 1.27 bits per heavy atom. The maximum absolute atomic E-state index is 5.81. The quantitative estimate of drug-likeness (QED) is 0.938. The molecule has 0 amide bonds. The van der Waals surface area contributed by atoms with Crippen molar-refractivity contribution in [1.29, 1.82) is 0 Å². The lowest BCUT2D eigenvalue weighted by Crippen LogP contribution is -2.39. The van der Waals surface area contributed by atoms with E-state index in [2.05, 4.69) is 9.88 Å². The molecule has 1 aliphatic heterocycles. The Hall–Kier alpha value is -2.14. The first kappa shape index (κ1) is 14.8. The van der Waals surface area contributed by atoms with Gasteiger partial charge in [0.1, 0.15) is 5.75 Å². The molecule has 5 nitrogen and oxygen atoms in total. The summed E-state index contributed by atoms with van der Waals surface area (Å²) in [4.78, 5) is 11.4. The minimum Gasteiger partial charge on any atom is -0.497 e. The third kappa shape index (κ3) is 3.20. The average Bonchev–Trinajstić information content (AvgIpc) is 2.62. The molecule has 0 saturated carbocycles. The van der Waals surface area contributed by atoms with E-state index in [4.69, 9.17) is 15.5 Å². The molecule has 0 bridgehead atoms. The second-order valence-electron chi connectivity index (χ2n) is 5.66. The summed E-state index contributed by atoms with van der Waals surface area (Å²) in [5.41, 5.74) is 7.81. The van der Waals surface area contributed by atoms with E-state index in [1.165, 1.54) is 6.42 Å². The van der Waals surface area contributed by atoms with E-state index >= 15 is 0 Å². The highest BCUT2D eigenvalue weighted by Crippen LogP contribution is 2.24. The van der Waals surface area contributed by atoms with Gasteiger partial charge in [-0.15, -0.1) is 0 Å². The molecule has 2 heterocycles. The number of hydrogen-bond donors (Lipinski definition) is 1. The molecule has 5 heteroatoms. The van der Waals surface area contributed by atoms with Crippen LogP contribution < -0.4 is 15.4 Å². The Bertz CT molecular complexity index is 614. The van der Waals surface area contributed by atoms with Gasteiger partial charge in [0.2, 0.25) is 5.95 Å². The van der Waals surface area contributed by atoms with Crippen LogP contribution in [0.1, 0.15) is 12.8 Å². The van der Waals surface area contributed by atoms with Gasteiger partial charge in [0, 0.05) is 24.8 Å². The van der Waals surface area contributed by atoms with E-state index in [1.54, 1.807) is 7.11 Å². The molecule has 1 aromatic heterocycles.